The van der Waals surface area contributed by atoms with Gasteiger partial charge < -0.3 is 10.5 Å². The van der Waals surface area contributed by atoms with E-state index in [2.05, 4.69) is 0 Å². The minimum Gasteiger partial charge on any atom is -0.485 e. The Bertz CT molecular complexity index is 1020. The molecule has 0 spiro atoms. The van der Waals surface area contributed by atoms with Crippen molar-refractivity contribution in [3.05, 3.63) is 51.5 Å². The number of nitrogen functional groups attached to an aromatic ring is 1. The standard InChI is InChI=1S/C15H12N2O2S2.CH4O3S/c16-15(17)14-6-9-3-4-10(7-13(9)21-14)19-8-11(18)12-2-1-5-20-12;1-5(2,3)4/h1-7H,8H2,(H3,16,17);1H3,(H,2,3,4). The number of hydrogen-bond acceptors (Lipinski definition) is 7. The molecule has 2 aromatic heterocycles. The number of nitrogens with two attached hydrogens (primary N) is 1. The highest BCUT2D eigenvalue weighted by Gasteiger charge is 2.09. The van der Waals surface area contributed by atoms with E-state index in [9.17, 15) is 13.2 Å². The lowest BCUT2D eigenvalue weighted by atomic mass is 10.2. The summed E-state index contributed by atoms with van der Waals surface area (Å²) in [5, 5.41) is 10.3. The summed E-state index contributed by atoms with van der Waals surface area (Å²) in [5.41, 5.74) is 5.49. The number of ketones is 1. The van der Waals surface area contributed by atoms with Gasteiger partial charge in [-0.3, -0.25) is 14.8 Å². The minimum absolute atomic E-state index is 0.0248. The Labute approximate surface area is 158 Å². The number of rotatable bonds is 5. The smallest absolute Gasteiger partial charge is 0.261 e. The third kappa shape index (κ3) is 6.23. The molecule has 2 heterocycles. The molecule has 26 heavy (non-hydrogen) atoms. The van der Waals surface area contributed by atoms with Crippen LogP contribution in [0.1, 0.15) is 14.5 Å². The van der Waals surface area contributed by atoms with Gasteiger partial charge in [-0.2, -0.15) is 8.42 Å². The van der Waals surface area contributed by atoms with E-state index < -0.39 is 10.1 Å². The number of thiophene rings is 2. The van der Waals surface area contributed by atoms with E-state index in [0.29, 0.717) is 16.9 Å². The van der Waals surface area contributed by atoms with Gasteiger partial charge in [-0.25, -0.2) is 0 Å². The molecule has 0 radical (unpaired) electrons. The van der Waals surface area contributed by atoms with Gasteiger partial charge in [-0.1, -0.05) is 6.07 Å². The normalized spacial score (nSPS) is 10.8. The van der Waals surface area contributed by atoms with Crippen LogP contribution in [0.3, 0.4) is 0 Å². The molecule has 7 nitrogen and oxygen atoms in total. The van der Waals surface area contributed by atoms with E-state index in [4.69, 9.17) is 20.4 Å². The number of ether oxygens (including phenoxy) is 1. The quantitative estimate of drug-likeness (QED) is 0.255. The van der Waals surface area contributed by atoms with Crippen LogP contribution in [-0.4, -0.2) is 37.5 Å². The number of carbonyl (C=O) groups is 1. The lowest BCUT2D eigenvalue weighted by molar-refractivity contribution is 0.0925. The van der Waals surface area contributed by atoms with Gasteiger partial charge in [0.2, 0.25) is 5.78 Å². The van der Waals surface area contributed by atoms with Crippen molar-refractivity contribution >= 4 is 54.5 Å². The molecule has 0 fully saturated rings. The summed E-state index contributed by atoms with van der Waals surface area (Å²) in [6, 6.07) is 11.1. The average molecular weight is 413 g/mol. The van der Waals surface area contributed by atoms with Gasteiger partial charge >= 0.3 is 0 Å². The predicted molar refractivity (Wildman–Crippen MR) is 104 cm³/mol. The molecule has 1 aromatic carbocycles. The minimum atomic E-state index is -3.67. The zero-order chi connectivity index (χ0) is 19.3. The maximum atomic E-state index is 11.9. The highest BCUT2D eigenvalue weighted by molar-refractivity contribution is 7.85. The molecular weight excluding hydrogens is 396 g/mol. The molecule has 0 amide bonds. The zero-order valence-corrected chi connectivity index (χ0v) is 16.1. The Morgan fingerprint density at radius 3 is 2.54 bits per heavy atom. The van der Waals surface area contributed by atoms with Gasteiger partial charge in [0.05, 0.1) is 16.0 Å². The second-order valence-electron chi connectivity index (χ2n) is 5.15. The first-order valence-electron chi connectivity index (χ1n) is 7.13. The molecule has 3 aromatic rings. The molecule has 3 rings (SSSR count). The molecule has 0 aliphatic heterocycles. The van der Waals surface area contributed by atoms with Crippen LogP contribution in [0, 0.1) is 5.41 Å². The number of fused-ring (bicyclic) bond motifs is 1. The SMILES string of the molecule is CS(=O)(=O)O.N=C(N)c1cc2ccc(OCC(=O)c3cccs3)cc2s1. The first-order valence-corrected chi connectivity index (χ1v) is 10.7. The van der Waals surface area contributed by atoms with Gasteiger partial charge in [0, 0.05) is 4.70 Å². The maximum Gasteiger partial charge on any atom is 0.261 e. The monoisotopic (exact) mass is 412 g/mol. The van der Waals surface area contributed by atoms with Crippen molar-refractivity contribution in [1.82, 2.24) is 0 Å². The van der Waals surface area contributed by atoms with Gasteiger partial charge in [0.15, 0.2) is 6.61 Å². The summed E-state index contributed by atoms with van der Waals surface area (Å²) in [6.45, 7) is 0.0248. The van der Waals surface area contributed by atoms with E-state index in [1.165, 1.54) is 22.7 Å². The van der Waals surface area contributed by atoms with Crippen molar-refractivity contribution in [2.45, 2.75) is 0 Å². The fourth-order valence-corrected chi connectivity index (χ4v) is 3.50. The van der Waals surface area contributed by atoms with Crippen LogP contribution in [0.25, 0.3) is 10.1 Å². The van der Waals surface area contributed by atoms with Crippen LogP contribution < -0.4 is 10.5 Å². The molecule has 0 aliphatic rings. The van der Waals surface area contributed by atoms with E-state index in [1.54, 1.807) is 6.07 Å². The number of Topliss-reactive ketones (excluding diaryl/α,β-unsaturated/α-hetero) is 1. The molecule has 4 N–H and O–H groups in total. The third-order valence-corrected chi connectivity index (χ3v) is 4.96. The van der Waals surface area contributed by atoms with E-state index in [1.807, 2.05) is 35.7 Å². The van der Waals surface area contributed by atoms with Gasteiger partial charge in [-0.15, -0.1) is 22.7 Å². The molecule has 0 unspecified atom stereocenters. The fraction of sp³-hybridized carbons (Fsp3) is 0.125. The van der Waals surface area contributed by atoms with Gasteiger partial charge in [0.25, 0.3) is 10.1 Å². The number of hydrogen-bond donors (Lipinski definition) is 3. The summed E-state index contributed by atoms with van der Waals surface area (Å²) in [5.74, 6) is 0.677. The van der Waals surface area contributed by atoms with Crippen LogP contribution in [-0.2, 0) is 10.1 Å². The maximum absolute atomic E-state index is 11.9. The van der Waals surface area contributed by atoms with Crippen molar-refractivity contribution in [1.29, 1.82) is 5.41 Å². The molecule has 0 bridgehead atoms. The molecule has 10 heteroatoms. The Balaban J connectivity index is 0.000000431. The van der Waals surface area contributed by atoms with Crippen LogP contribution >= 0.6 is 22.7 Å². The molecule has 0 saturated carbocycles. The molecule has 0 aliphatic carbocycles. The largest absolute Gasteiger partial charge is 0.485 e. The second-order valence-corrected chi connectivity index (χ2v) is 8.64. The lowest BCUT2D eigenvalue weighted by Gasteiger charge is -2.04. The average Bonchev–Trinajstić information content (AvgIpc) is 3.19. The Morgan fingerprint density at radius 2 is 1.96 bits per heavy atom. The van der Waals surface area contributed by atoms with Gasteiger partial charge in [0.1, 0.15) is 11.6 Å². The number of carbonyl (C=O) groups excluding carboxylic acids is 1. The van der Waals surface area contributed by atoms with Crippen LogP contribution in [0.2, 0.25) is 0 Å². The summed E-state index contributed by atoms with van der Waals surface area (Å²) >= 11 is 2.85. The van der Waals surface area contributed by atoms with Crippen molar-refractivity contribution in [3.8, 4) is 5.75 Å². The van der Waals surface area contributed by atoms with E-state index in [0.717, 1.165) is 15.0 Å². The molecule has 138 valence electrons. The van der Waals surface area contributed by atoms with E-state index in [-0.39, 0.29) is 18.2 Å². The Morgan fingerprint density at radius 1 is 1.27 bits per heavy atom. The van der Waals surface area contributed by atoms with Crippen LogP contribution in [0.15, 0.2) is 41.8 Å². The Hall–Kier alpha value is -2.27. The first kappa shape index (κ1) is 20.0. The number of benzene rings is 1. The summed E-state index contributed by atoms with van der Waals surface area (Å²) < 4.78 is 32.4. The zero-order valence-electron chi connectivity index (χ0n) is 13.6. The van der Waals surface area contributed by atoms with Crippen molar-refractivity contribution in [2.75, 3.05) is 12.9 Å². The second kappa shape index (κ2) is 8.41. The lowest BCUT2D eigenvalue weighted by Crippen LogP contribution is -2.09. The van der Waals surface area contributed by atoms with E-state index >= 15 is 0 Å². The van der Waals surface area contributed by atoms with Crippen molar-refractivity contribution in [3.63, 3.8) is 0 Å². The van der Waals surface area contributed by atoms with Crippen LogP contribution in [0.5, 0.6) is 5.75 Å². The third-order valence-electron chi connectivity index (χ3n) is 2.92. The molecule has 0 atom stereocenters. The molecular formula is C16H16N2O5S3. The number of nitrogens with one attached hydrogen (secondary N) is 1. The first-order chi connectivity index (χ1) is 12.1. The Kier molecular flexibility index (Phi) is 6.48. The summed E-state index contributed by atoms with van der Waals surface area (Å²) in [7, 11) is -3.67. The highest BCUT2D eigenvalue weighted by atomic mass is 32.2. The summed E-state index contributed by atoms with van der Waals surface area (Å²) in [4.78, 5) is 13.3. The molecule has 0 saturated heterocycles. The van der Waals surface area contributed by atoms with Crippen molar-refractivity contribution < 1.29 is 22.5 Å². The summed E-state index contributed by atoms with van der Waals surface area (Å²) in [6.07, 6.45) is 0.715. The topological polar surface area (TPSA) is 131 Å². The highest BCUT2D eigenvalue weighted by Crippen LogP contribution is 2.29. The number of amidine groups is 1. The van der Waals surface area contributed by atoms with Crippen molar-refractivity contribution in [2.24, 2.45) is 5.73 Å². The fourth-order valence-electron chi connectivity index (χ4n) is 1.89. The predicted octanol–water partition coefficient (Wildman–Crippen LogP) is 3.01. The van der Waals surface area contributed by atoms with Crippen LogP contribution in [0.4, 0.5) is 0 Å². The van der Waals surface area contributed by atoms with Gasteiger partial charge in [-0.05, 0) is 41.1 Å².